The van der Waals surface area contributed by atoms with Crippen LogP contribution in [0.3, 0.4) is 0 Å². The number of amides is 1. The van der Waals surface area contributed by atoms with Crippen LogP contribution in [-0.2, 0) is 13.2 Å². The van der Waals surface area contributed by atoms with Crippen LogP contribution in [0.2, 0.25) is 0 Å². The number of aromatic amines is 1. The first-order valence-electron chi connectivity index (χ1n) is 10.8. The average Bonchev–Trinajstić information content (AvgIpc) is 3.22. The molecule has 12 heteroatoms. The molecule has 1 fully saturated rings. The number of pyridine rings is 1. The standard InChI is InChI=1S/C23H24F4N6O2/c1-13-11-33(5-4-31(13)2)20-8-18(24)15(14-9-29-32(3)12-14)6-19(20)30-22(35)16-10-28-21(34)7-17(16)23(25,26)27/h6-10,12-13H,4-5,11H2,1-3H3,(H,28,34)(H,30,35). The molecule has 0 spiro atoms. The highest BCUT2D eigenvalue weighted by molar-refractivity contribution is 6.07. The fraction of sp³-hybridized carbons (Fsp3) is 0.348. The number of anilines is 2. The molecule has 1 atom stereocenters. The lowest BCUT2D eigenvalue weighted by Gasteiger charge is -2.39. The molecule has 0 bridgehead atoms. The fourth-order valence-electron chi connectivity index (χ4n) is 4.06. The second kappa shape index (κ2) is 9.17. The van der Waals surface area contributed by atoms with Gasteiger partial charge in [-0.1, -0.05) is 0 Å². The third kappa shape index (κ3) is 5.06. The van der Waals surface area contributed by atoms with Gasteiger partial charge in [-0.05, 0) is 26.1 Å². The first kappa shape index (κ1) is 24.5. The van der Waals surface area contributed by atoms with Crippen molar-refractivity contribution in [1.82, 2.24) is 19.7 Å². The van der Waals surface area contributed by atoms with Crippen LogP contribution in [0.25, 0.3) is 11.1 Å². The van der Waals surface area contributed by atoms with Gasteiger partial charge in [-0.2, -0.15) is 18.3 Å². The zero-order valence-electron chi connectivity index (χ0n) is 19.3. The van der Waals surface area contributed by atoms with Crippen molar-refractivity contribution in [3.05, 3.63) is 64.1 Å². The van der Waals surface area contributed by atoms with E-state index in [9.17, 15) is 22.8 Å². The molecule has 2 aromatic heterocycles. The van der Waals surface area contributed by atoms with Crippen molar-refractivity contribution >= 4 is 17.3 Å². The SMILES string of the molecule is CC1CN(c2cc(F)c(-c3cnn(C)c3)cc2NC(=O)c2c[nH]c(=O)cc2C(F)(F)F)CCN1C. The number of H-pyrrole nitrogens is 1. The third-order valence-corrected chi connectivity index (χ3v) is 6.12. The Morgan fingerprint density at radius 1 is 1.20 bits per heavy atom. The Labute approximate surface area is 198 Å². The van der Waals surface area contributed by atoms with Crippen molar-refractivity contribution < 1.29 is 22.4 Å². The van der Waals surface area contributed by atoms with E-state index >= 15 is 4.39 Å². The molecular formula is C23H24F4N6O2. The van der Waals surface area contributed by atoms with Gasteiger partial charge < -0.3 is 20.1 Å². The number of aryl methyl sites for hydroxylation is 1. The molecule has 4 rings (SSSR count). The zero-order valence-corrected chi connectivity index (χ0v) is 19.3. The number of rotatable bonds is 4. The number of piperazine rings is 1. The van der Waals surface area contributed by atoms with Gasteiger partial charge in [-0.15, -0.1) is 0 Å². The summed E-state index contributed by atoms with van der Waals surface area (Å²) < 4.78 is 57.2. The Morgan fingerprint density at radius 3 is 2.57 bits per heavy atom. The number of benzene rings is 1. The second-order valence-corrected chi connectivity index (χ2v) is 8.60. The molecule has 1 unspecified atom stereocenters. The number of nitrogens with one attached hydrogen (secondary N) is 2. The van der Waals surface area contributed by atoms with Crippen LogP contribution in [0.1, 0.15) is 22.8 Å². The van der Waals surface area contributed by atoms with Crippen molar-refractivity contribution in [3.63, 3.8) is 0 Å². The smallest absolute Gasteiger partial charge is 0.367 e. The lowest BCUT2D eigenvalue weighted by molar-refractivity contribution is -0.138. The molecule has 186 valence electrons. The van der Waals surface area contributed by atoms with Gasteiger partial charge in [0.05, 0.1) is 28.7 Å². The normalized spacial score (nSPS) is 17.0. The summed E-state index contributed by atoms with van der Waals surface area (Å²) in [4.78, 5) is 30.6. The molecule has 0 radical (unpaired) electrons. The zero-order chi connectivity index (χ0) is 25.5. The van der Waals surface area contributed by atoms with Gasteiger partial charge in [0.15, 0.2) is 0 Å². The molecule has 0 aliphatic carbocycles. The van der Waals surface area contributed by atoms with Gasteiger partial charge in [-0.25, -0.2) is 4.39 Å². The number of hydrogen-bond acceptors (Lipinski definition) is 5. The van der Waals surface area contributed by atoms with E-state index in [0.717, 1.165) is 6.20 Å². The number of likely N-dealkylation sites (N-methyl/N-ethyl adjacent to an activating group) is 1. The highest BCUT2D eigenvalue weighted by Gasteiger charge is 2.36. The van der Waals surface area contributed by atoms with Crippen LogP contribution in [0.4, 0.5) is 28.9 Å². The number of aromatic nitrogens is 3. The maximum atomic E-state index is 15.2. The maximum Gasteiger partial charge on any atom is 0.417 e. The molecule has 0 saturated carbocycles. The van der Waals surface area contributed by atoms with E-state index in [-0.39, 0.29) is 17.3 Å². The number of alkyl halides is 3. The largest absolute Gasteiger partial charge is 0.417 e. The molecule has 2 N–H and O–H groups in total. The summed E-state index contributed by atoms with van der Waals surface area (Å²) in [6, 6.07) is 3.13. The summed E-state index contributed by atoms with van der Waals surface area (Å²) >= 11 is 0. The molecule has 35 heavy (non-hydrogen) atoms. The summed E-state index contributed by atoms with van der Waals surface area (Å²) in [6.45, 7) is 3.73. The van der Waals surface area contributed by atoms with E-state index in [2.05, 4.69) is 20.3 Å². The summed E-state index contributed by atoms with van der Waals surface area (Å²) in [7, 11) is 3.63. The van der Waals surface area contributed by atoms with Crippen molar-refractivity contribution in [2.45, 2.75) is 19.1 Å². The lowest BCUT2D eigenvalue weighted by Crippen LogP contribution is -2.50. The molecule has 1 amide bonds. The van der Waals surface area contributed by atoms with Gasteiger partial charge >= 0.3 is 6.18 Å². The quantitative estimate of drug-likeness (QED) is 0.546. The van der Waals surface area contributed by atoms with E-state index < -0.39 is 34.6 Å². The minimum absolute atomic E-state index is 0.129. The Kier molecular flexibility index (Phi) is 6.41. The van der Waals surface area contributed by atoms with Crippen LogP contribution in [-0.4, -0.2) is 58.3 Å². The Bertz CT molecular complexity index is 1320. The van der Waals surface area contributed by atoms with Crippen molar-refractivity contribution in [3.8, 4) is 11.1 Å². The van der Waals surface area contributed by atoms with Crippen molar-refractivity contribution in [1.29, 1.82) is 0 Å². The maximum absolute atomic E-state index is 15.2. The minimum Gasteiger partial charge on any atom is -0.367 e. The number of carbonyl (C=O) groups is 1. The molecule has 8 nitrogen and oxygen atoms in total. The molecule has 3 heterocycles. The number of carbonyl (C=O) groups excluding carboxylic acids is 1. The highest BCUT2D eigenvalue weighted by Crippen LogP contribution is 2.36. The third-order valence-electron chi connectivity index (χ3n) is 6.12. The van der Waals surface area contributed by atoms with Crippen LogP contribution in [0, 0.1) is 5.82 Å². The van der Waals surface area contributed by atoms with E-state index in [4.69, 9.17) is 0 Å². The molecule has 3 aromatic rings. The summed E-state index contributed by atoms with van der Waals surface area (Å²) in [6.07, 6.45) is -1.15. The topological polar surface area (TPSA) is 86.3 Å². The van der Waals surface area contributed by atoms with E-state index in [1.165, 1.54) is 23.0 Å². The second-order valence-electron chi connectivity index (χ2n) is 8.60. The summed E-state index contributed by atoms with van der Waals surface area (Å²) in [5.74, 6) is -1.64. The van der Waals surface area contributed by atoms with Crippen molar-refractivity contribution in [2.24, 2.45) is 7.05 Å². The van der Waals surface area contributed by atoms with Crippen molar-refractivity contribution in [2.75, 3.05) is 36.9 Å². The van der Waals surface area contributed by atoms with Gasteiger partial charge in [0.25, 0.3) is 5.91 Å². The van der Waals surface area contributed by atoms with Gasteiger partial charge in [0, 0.05) is 62.3 Å². The minimum atomic E-state index is -4.92. The van der Waals surface area contributed by atoms with Crippen LogP contribution in [0.5, 0.6) is 0 Å². The Balaban J connectivity index is 1.79. The summed E-state index contributed by atoms with van der Waals surface area (Å²) in [5, 5.41) is 6.55. The van der Waals surface area contributed by atoms with Gasteiger partial charge in [0.2, 0.25) is 5.56 Å². The highest BCUT2D eigenvalue weighted by atomic mass is 19.4. The molecule has 1 aliphatic rings. The molecule has 1 saturated heterocycles. The number of hydrogen-bond donors (Lipinski definition) is 2. The summed E-state index contributed by atoms with van der Waals surface area (Å²) in [5.41, 5.74) is -2.02. The number of nitrogens with zero attached hydrogens (tertiary/aromatic N) is 4. The number of halogens is 4. The predicted molar refractivity (Wildman–Crippen MR) is 123 cm³/mol. The Morgan fingerprint density at radius 2 is 1.94 bits per heavy atom. The molecule has 1 aromatic carbocycles. The monoisotopic (exact) mass is 492 g/mol. The Hall–Kier alpha value is -3.67. The average molecular weight is 492 g/mol. The fourth-order valence-corrected chi connectivity index (χ4v) is 4.06. The molecular weight excluding hydrogens is 468 g/mol. The van der Waals surface area contributed by atoms with E-state index in [1.54, 1.807) is 13.2 Å². The van der Waals surface area contributed by atoms with Crippen LogP contribution in [0.15, 0.2) is 41.6 Å². The van der Waals surface area contributed by atoms with Gasteiger partial charge in [-0.3, -0.25) is 14.3 Å². The predicted octanol–water partition coefficient (Wildman–Crippen LogP) is 3.33. The van der Waals surface area contributed by atoms with Crippen LogP contribution >= 0.6 is 0 Å². The molecule has 1 aliphatic heterocycles. The van der Waals surface area contributed by atoms with E-state index in [0.29, 0.717) is 37.0 Å². The van der Waals surface area contributed by atoms with Crippen LogP contribution < -0.4 is 15.8 Å². The lowest BCUT2D eigenvalue weighted by atomic mass is 10.0. The first-order chi connectivity index (χ1) is 16.4. The van der Waals surface area contributed by atoms with Gasteiger partial charge in [0.1, 0.15) is 5.82 Å². The first-order valence-corrected chi connectivity index (χ1v) is 10.8. The van der Waals surface area contributed by atoms with E-state index in [1.807, 2.05) is 18.9 Å².